The van der Waals surface area contributed by atoms with Crippen LogP contribution >= 0.6 is 11.3 Å². The third-order valence-electron chi connectivity index (χ3n) is 3.19. The Morgan fingerprint density at radius 1 is 1.45 bits per heavy atom. The maximum absolute atomic E-state index is 11.1. The van der Waals surface area contributed by atoms with Crippen LogP contribution in [0, 0.1) is 0 Å². The van der Waals surface area contributed by atoms with Crippen LogP contribution in [0.4, 0.5) is 0 Å². The molecule has 0 aromatic carbocycles. The molecule has 0 spiro atoms. The summed E-state index contributed by atoms with van der Waals surface area (Å²) in [7, 11) is 0. The first-order chi connectivity index (χ1) is 9.69. The van der Waals surface area contributed by atoms with Crippen molar-refractivity contribution in [2.45, 2.75) is 26.3 Å². The summed E-state index contributed by atoms with van der Waals surface area (Å²) in [6, 6.07) is 3.77. The average Bonchev–Trinajstić information content (AvgIpc) is 3.05. The first-order valence-electron chi connectivity index (χ1n) is 6.52. The Morgan fingerprint density at radius 2 is 2.30 bits per heavy atom. The van der Waals surface area contributed by atoms with Crippen molar-refractivity contribution >= 4 is 28.7 Å². The monoisotopic (exact) mass is 285 g/mol. The zero-order chi connectivity index (χ0) is 14.1. The second-order valence-corrected chi connectivity index (χ2v) is 5.93. The van der Waals surface area contributed by atoms with E-state index in [2.05, 4.69) is 29.2 Å². The van der Waals surface area contributed by atoms with Crippen molar-refractivity contribution in [2.24, 2.45) is 0 Å². The molecule has 5 heteroatoms. The molecule has 20 heavy (non-hydrogen) atoms. The van der Waals surface area contributed by atoms with Crippen LogP contribution in [0.2, 0.25) is 0 Å². The summed E-state index contributed by atoms with van der Waals surface area (Å²) < 4.78 is 1.98. The van der Waals surface area contributed by atoms with Gasteiger partial charge >= 0.3 is 0 Å². The van der Waals surface area contributed by atoms with Crippen LogP contribution in [-0.4, -0.2) is 20.8 Å². The Labute approximate surface area is 121 Å². The number of carbonyl (C=O) groups is 1. The van der Waals surface area contributed by atoms with Crippen LogP contribution in [-0.2, 0) is 6.54 Å². The number of hydrogen-bond acceptors (Lipinski definition) is 4. The van der Waals surface area contributed by atoms with Crippen molar-refractivity contribution < 1.29 is 4.79 Å². The molecular formula is C15H15N3OS. The summed E-state index contributed by atoms with van der Waals surface area (Å²) in [6.45, 7) is 4.92. The first-order valence-corrected chi connectivity index (χ1v) is 7.40. The van der Waals surface area contributed by atoms with Crippen molar-refractivity contribution in [2.75, 3.05) is 0 Å². The second-order valence-electron chi connectivity index (χ2n) is 5.04. The highest BCUT2D eigenvalue weighted by Gasteiger charge is 2.11. The predicted octanol–water partition coefficient (Wildman–Crippen LogP) is 3.48. The van der Waals surface area contributed by atoms with Gasteiger partial charge in [-0.1, -0.05) is 13.8 Å². The van der Waals surface area contributed by atoms with Gasteiger partial charge in [-0.25, -0.2) is 9.97 Å². The number of thiazole rings is 1. The minimum Gasteiger partial charge on any atom is -0.326 e. The second kappa shape index (κ2) is 5.17. The van der Waals surface area contributed by atoms with Gasteiger partial charge in [-0.2, -0.15) is 0 Å². The van der Waals surface area contributed by atoms with Crippen molar-refractivity contribution in [1.29, 1.82) is 0 Å². The first kappa shape index (κ1) is 13.0. The number of hydrogen-bond donors (Lipinski definition) is 0. The van der Waals surface area contributed by atoms with E-state index in [1.165, 1.54) is 0 Å². The molecule has 3 aromatic rings. The number of aldehydes is 1. The molecule has 0 N–H and O–H groups in total. The molecule has 0 aliphatic carbocycles. The number of carbonyl (C=O) groups excluding carboxylic acids is 1. The highest BCUT2D eigenvalue weighted by atomic mass is 32.1. The van der Waals surface area contributed by atoms with Crippen molar-refractivity contribution in [3.8, 4) is 0 Å². The van der Waals surface area contributed by atoms with Gasteiger partial charge in [-0.05, 0) is 12.1 Å². The third-order valence-corrected chi connectivity index (χ3v) is 4.38. The topological polar surface area (TPSA) is 47.8 Å². The number of aromatic nitrogens is 3. The van der Waals surface area contributed by atoms with E-state index in [0.29, 0.717) is 18.0 Å². The van der Waals surface area contributed by atoms with Gasteiger partial charge in [0.1, 0.15) is 5.65 Å². The van der Waals surface area contributed by atoms with Gasteiger partial charge < -0.3 is 4.57 Å². The Balaban J connectivity index is 1.99. The summed E-state index contributed by atoms with van der Waals surface area (Å²) in [5.41, 5.74) is 2.51. The maximum Gasteiger partial charge on any atom is 0.152 e. The normalized spacial score (nSPS) is 11.3. The van der Waals surface area contributed by atoms with Gasteiger partial charge in [-0.3, -0.25) is 4.79 Å². The fraction of sp³-hybridized carbons (Fsp3) is 0.267. The molecule has 0 radical (unpaired) electrons. The van der Waals surface area contributed by atoms with Crippen LogP contribution in [0.15, 0.2) is 29.9 Å². The summed E-state index contributed by atoms with van der Waals surface area (Å²) in [5.74, 6) is 0.443. The minimum absolute atomic E-state index is 0.443. The fourth-order valence-corrected chi connectivity index (χ4v) is 3.03. The molecule has 3 aromatic heterocycles. The lowest BCUT2D eigenvalue weighted by Crippen LogP contribution is -2.00. The Morgan fingerprint density at radius 3 is 3.00 bits per heavy atom. The van der Waals surface area contributed by atoms with Gasteiger partial charge in [0, 0.05) is 34.6 Å². The number of fused-ring (bicyclic) bond motifs is 1. The van der Waals surface area contributed by atoms with Crippen LogP contribution in [0.25, 0.3) is 11.0 Å². The summed E-state index contributed by atoms with van der Waals surface area (Å²) in [4.78, 5) is 20.1. The molecule has 0 saturated heterocycles. The summed E-state index contributed by atoms with van der Waals surface area (Å²) in [5, 5.41) is 4.10. The number of rotatable bonds is 4. The van der Waals surface area contributed by atoms with Gasteiger partial charge in [0.05, 0.1) is 17.2 Å². The molecule has 0 saturated carbocycles. The zero-order valence-corrected chi connectivity index (χ0v) is 12.2. The molecule has 0 fully saturated rings. The van der Waals surface area contributed by atoms with E-state index in [9.17, 15) is 4.79 Å². The van der Waals surface area contributed by atoms with Crippen molar-refractivity contribution in [1.82, 2.24) is 14.5 Å². The van der Waals surface area contributed by atoms with E-state index < -0.39 is 0 Å². The van der Waals surface area contributed by atoms with Gasteiger partial charge in [0.15, 0.2) is 6.29 Å². The van der Waals surface area contributed by atoms with Crippen molar-refractivity contribution in [3.05, 3.63) is 46.2 Å². The van der Waals surface area contributed by atoms with E-state index >= 15 is 0 Å². The molecule has 0 aliphatic heterocycles. The highest BCUT2D eigenvalue weighted by molar-refractivity contribution is 7.09. The largest absolute Gasteiger partial charge is 0.326 e. The van der Waals surface area contributed by atoms with E-state index in [-0.39, 0.29) is 0 Å². The van der Waals surface area contributed by atoms with Crippen LogP contribution < -0.4 is 0 Å². The smallest absolute Gasteiger partial charge is 0.152 e. The molecule has 0 aliphatic rings. The summed E-state index contributed by atoms with van der Waals surface area (Å²) >= 11 is 1.68. The standard InChI is InChI=1S/C15H15N3OS/c1-10(2)15-17-12(9-20-15)7-18-6-11(8-19)13-4-3-5-16-14(13)18/h3-6,8-10H,7H2,1-2H3. The number of pyridine rings is 1. The number of nitrogens with zero attached hydrogens (tertiary/aromatic N) is 3. The Kier molecular flexibility index (Phi) is 3.36. The SMILES string of the molecule is CC(C)c1nc(Cn2cc(C=O)c3cccnc32)cs1. The maximum atomic E-state index is 11.1. The average molecular weight is 285 g/mol. The van der Waals surface area contributed by atoms with Crippen LogP contribution in [0.5, 0.6) is 0 Å². The molecule has 4 nitrogen and oxygen atoms in total. The fourth-order valence-electron chi connectivity index (χ4n) is 2.20. The van der Waals surface area contributed by atoms with E-state index in [4.69, 9.17) is 0 Å². The molecule has 3 heterocycles. The quantitative estimate of drug-likeness (QED) is 0.689. The zero-order valence-electron chi connectivity index (χ0n) is 11.4. The van der Waals surface area contributed by atoms with Gasteiger partial charge in [-0.15, -0.1) is 11.3 Å². The van der Waals surface area contributed by atoms with Crippen molar-refractivity contribution in [3.63, 3.8) is 0 Å². The molecule has 102 valence electrons. The highest BCUT2D eigenvalue weighted by Crippen LogP contribution is 2.22. The molecule has 0 atom stereocenters. The molecule has 0 unspecified atom stereocenters. The third kappa shape index (κ3) is 2.25. The van der Waals surface area contributed by atoms with Gasteiger partial charge in [0.25, 0.3) is 0 Å². The molecule has 3 rings (SSSR count). The molecule has 0 amide bonds. The molecule has 0 bridgehead atoms. The summed E-state index contributed by atoms with van der Waals surface area (Å²) in [6.07, 6.45) is 4.47. The van der Waals surface area contributed by atoms with Crippen LogP contribution in [0.3, 0.4) is 0 Å². The minimum atomic E-state index is 0.443. The van der Waals surface area contributed by atoms with Gasteiger partial charge in [0.2, 0.25) is 0 Å². The predicted molar refractivity (Wildman–Crippen MR) is 80.4 cm³/mol. The lowest BCUT2D eigenvalue weighted by Gasteiger charge is -2.02. The molecular weight excluding hydrogens is 270 g/mol. The lowest BCUT2D eigenvalue weighted by atomic mass is 10.2. The van der Waals surface area contributed by atoms with Crippen LogP contribution in [0.1, 0.15) is 40.8 Å². The van der Waals surface area contributed by atoms with E-state index in [1.807, 2.05) is 22.9 Å². The Hall–Kier alpha value is -2.01. The van der Waals surface area contributed by atoms with E-state index in [1.54, 1.807) is 17.5 Å². The van der Waals surface area contributed by atoms with E-state index in [0.717, 1.165) is 28.0 Å². The Bertz CT molecular complexity index is 757. The lowest BCUT2D eigenvalue weighted by molar-refractivity contribution is 0.112.